The van der Waals surface area contributed by atoms with Crippen LogP contribution in [0.5, 0.6) is 0 Å². The lowest BCUT2D eigenvalue weighted by Gasteiger charge is -2.31. The van der Waals surface area contributed by atoms with Crippen LogP contribution in [0.3, 0.4) is 0 Å². The van der Waals surface area contributed by atoms with Gasteiger partial charge in [0.15, 0.2) is 0 Å². The van der Waals surface area contributed by atoms with Crippen molar-refractivity contribution >= 4 is 0 Å². The largest absolute Gasteiger partial charge is 0.369 e. The van der Waals surface area contributed by atoms with E-state index in [-0.39, 0.29) is 0 Å². The van der Waals surface area contributed by atoms with Gasteiger partial charge < -0.3 is 4.74 Å². The fourth-order valence-corrected chi connectivity index (χ4v) is 2.22. The summed E-state index contributed by atoms with van der Waals surface area (Å²) in [5.41, 5.74) is 0.359. The zero-order chi connectivity index (χ0) is 7.19. The van der Waals surface area contributed by atoms with Crippen LogP contribution >= 0.6 is 0 Å². The summed E-state index contributed by atoms with van der Waals surface area (Å²) in [4.78, 5) is 0. The summed E-state index contributed by atoms with van der Waals surface area (Å²) in [5.74, 6) is 1.69. The molecule has 0 aromatic rings. The smallest absolute Gasteiger partial charge is 0.0944 e. The molecule has 1 spiro atoms. The molecule has 0 radical (unpaired) electrons. The van der Waals surface area contributed by atoms with E-state index in [1.165, 1.54) is 19.3 Å². The highest BCUT2D eigenvalue weighted by Crippen LogP contribution is 2.48. The Bertz CT molecular complexity index is 138. The first-order chi connectivity index (χ1) is 4.75. The van der Waals surface area contributed by atoms with E-state index in [1.807, 2.05) is 0 Å². The molecule has 58 valence electrons. The molecule has 0 aromatic carbocycles. The Labute approximate surface area is 62.8 Å². The summed E-state index contributed by atoms with van der Waals surface area (Å²) in [6, 6.07) is 0. The average molecular weight is 140 g/mol. The number of epoxide rings is 1. The van der Waals surface area contributed by atoms with Crippen LogP contribution in [0.2, 0.25) is 0 Å². The van der Waals surface area contributed by atoms with E-state index in [0.29, 0.717) is 5.60 Å². The van der Waals surface area contributed by atoms with Gasteiger partial charge in [0.05, 0.1) is 12.2 Å². The quantitative estimate of drug-likeness (QED) is 0.470. The zero-order valence-corrected chi connectivity index (χ0v) is 6.89. The van der Waals surface area contributed by atoms with Crippen LogP contribution in [0.1, 0.15) is 33.1 Å². The maximum absolute atomic E-state index is 5.52. The predicted octanol–water partition coefficient (Wildman–Crippen LogP) is 2.21. The van der Waals surface area contributed by atoms with Gasteiger partial charge in [-0.3, -0.25) is 0 Å². The second-order valence-corrected chi connectivity index (χ2v) is 4.01. The highest BCUT2D eigenvalue weighted by Gasteiger charge is 2.52. The van der Waals surface area contributed by atoms with Gasteiger partial charge in [0, 0.05) is 0 Å². The summed E-state index contributed by atoms with van der Waals surface area (Å²) < 4.78 is 5.52. The Morgan fingerprint density at radius 3 is 2.60 bits per heavy atom. The van der Waals surface area contributed by atoms with Gasteiger partial charge in [0.25, 0.3) is 0 Å². The van der Waals surface area contributed by atoms with Gasteiger partial charge in [0.2, 0.25) is 0 Å². The lowest BCUT2D eigenvalue weighted by Crippen LogP contribution is -2.31. The van der Waals surface area contributed by atoms with Crippen LogP contribution in [0, 0.1) is 11.8 Å². The SMILES string of the molecule is CC1CCCC2(CO2)C1C. The molecule has 0 bridgehead atoms. The number of hydrogen-bond acceptors (Lipinski definition) is 1. The van der Waals surface area contributed by atoms with E-state index in [1.54, 1.807) is 0 Å². The Kier molecular flexibility index (Phi) is 1.31. The molecule has 1 nitrogen and oxygen atoms in total. The molecule has 2 fully saturated rings. The Morgan fingerprint density at radius 1 is 1.40 bits per heavy atom. The molecular formula is C9H16O. The third kappa shape index (κ3) is 0.800. The average Bonchev–Trinajstić information content (AvgIpc) is 2.65. The molecular weight excluding hydrogens is 124 g/mol. The molecule has 0 N–H and O–H groups in total. The minimum atomic E-state index is 0.359. The molecule has 1 saturated carbocycles. The minimum absolute atomic E-state index is 0.359. The van der Waals surface area contributed by atoms with Gasteiger partial charge >= 0.3 is 0 Å². The molecule has 1 saturated heterocycles. The summed E-state index contributed by atoms with van der Waals surface area (Å²) in [6.45, 7) is 5.74. The van der Waals surface area contributed by atoms with E-state index in [0.717, 1.165) is 18.4 Å². The van der Waals surface area contributed by atoms with Gasteiger partial charge in [-0.2, -0.15) is 0 Å². The van der Waals surface area contributed by atoms with Crippen LogP contribution in [-0.2, 0) is 4.74 Å². The maximum Gasteiger partial charge on any atom is 0.0944 e. The van der Waals surface area contributed by atoms with E-state index in [9.17, 15) is 0 Å². The van der Waals surface area contributed by atoms with Gasteiger partial charge in [0.1, 0.15) is 0 Å². The van der Waals surface area contributed by atoms with Crippen molar-refractivity contribution in [2.75, 3.05) is 6.61 Å². The van der Waals surface area contributed by atoms with Crippen molar-refractivity contribution in [2.24, 2.45) is 11.8 Å². The Hall–Kier alpha value is -0.0400. The molecule has 1 aliphatic heterocycles. The van der Waals surface area contributed by atoms with E-state index in [4.69, 9.17) is 4.74 Å². The zero-order valence-electron chi connectivity index (χ0n) is 6.89. The van der Waals surface area contributed by atoms with E-state index in [2.05, 4.69) is 13.8 Å². The molecule has 3 unspecified atom stereocenters. The van der Waals surface area contributed by atoms with E-state index >= 15 is 0 Å². The minimum Gasteiger partial charge on any atom is -0.369 e. The van der Waals surface area contributed by atoms with Crippen molar-refractivity contribution in [3.8, 4) is 0 Å². The summed E-state index contributed by atoms with van der Waals surface area (Å²) >= 11 is 0. The summed E-state index contributed by atoms with van der Waals surface area (Å²) in [7, 11) is 0. The monoisotopic (exact) mass is 140 g/mol. The molecule has 3 atom stereocenters. The maximum atomic E-state index is 5.52. The van der Waals surface area contributed by atoms with Crippen LogP contribution in [0.15, 0.2) is 0 Å². The molecule has 2 rings (SSSR count). The summed E-state index contributed by atoms with van der Waals surface area (Å²) in [5, 5.41) is 0. The third-order valence-electron chi connectivity index (χ3n) is 3.46. The number of rotatable bonds is 0. The van der Waals surface area contributed by atoms with Crippen molar-refractivity contribution < 1.29 is 4.74 Å². The van der Waals surface area contributed by atoms with Crippen LogP contribution in [0.4, 0.5) is 0 Å². The van der Waals surface area contributed by atoms with Crippen LogP contribution in [0.25, 0.3) is 0 Å². The predicted molar refractivity (Wildman–Crippen MR) is 40.9 cm³/mol. The van der Waals surface area contributed by atoms with Gasteiger partial charge in [-0.25, -0.2) is 0 Å². The lowest BCUT2D eigenvalue weighted by molar-refractivity contribution is 0.125. The first-order valence-electron chi connectivity index (χ1n) is 4.38. The first-order valence-corrected chi connectivity index (χ1v) is 4.38. The van der Waals surface area contributed by atoms with Crippen molar-refractivity contribution in [3.05, 3.63) is 0 Å². The second-order valence-electron chi connectivity index (χ2n) is 4.01. The highest BCUT2D eigenvalue weighted by atomic mass is 16.6. The number of hydrogen-bond donors (Lipinski definition) is 0. The van der Waals surface area contributed by atoms with Gasteiger partial charge in [-0.05, 0) is 18.3 Å². The molecule has 0 amide bonds. The normalized spacial score (nSPS) is 53.4. The van der Waals surface area contributed by atoms with Gasteiger partial charge in [-0.1, -0.05) is 26.7 Å². The standard InChI is InChI=1S/C9H16O/c1-7-4-3-5-9(6-10-9)8(7)2/h7-8H,3-6H2,1-2H3. The van der Waals surface area contributed by atoms with Crippen molar-refractivity contribution in [1.29, 1.82) is 0 Å². The van der Waals surface area contributed by atoms with Crippen molar-refractivity contribution in [2.45, 2.75) is 38.7 Å². The summed E-state index contributed by atoms with van der Waals surface area (Å²) in [6.07, 6.45) is 4.11. The van der Waals surface area contributed by atoms with E-state index < -0.39 is 0 Å². The molecule has 1 heteroatoms. The van der Waals surface area contributed by atoms with Crippen LogP contribution in [-0.4, -0.2) is 12.2 Å². The molecule has 2 aliphatic rings. The second kappa shape index (κ2) is 1.97. The fraction of sp³-hybridized carbons (Fsp3) is 1.00. The lowest BCUT2D eigenvalue weighted by atomic mass is 9.74. The topological polar surface area (TPSA) is 12.5 Å². The number of ether oxygens (including phenoxy) is 1. The third-order valence-corrected chi connectivity index (χ3v) is 3.46. The van der Waals surface area contributed by atoms with Crippen molar-refractivity contribution in [1.82, 2.24) is 0 Å². The molecule has 0 aromatic heterocycles. The van der Waals surface area contributed by atoms with Gasteiger partial charge in [-0.15, -0.1) is 0 Å². The Balaban J connectivity index is 2.07. The first kappa shape index (κ1) is 6.66. The fourth-order valence-electron chi connectivity index (χ4n) is 2.22. The molecule has 10 heavy (non-hydrogen) atoms. The molecule has 1 heterocycles. The van der Waals surface area contributed by atoms with Crippen LogP contribution < -0.4 is 0 Å². The van der Waals surface area contributed by atoms with Crippen molar-refractivity contribution in [3.63, 3.8) is 0 Å². The highest BCUT2D eigenvalue weighted by molar-refractivity contribution is 5.00. The molecule has 1 aliphatic carbocycles. The Morgan fingerprint density at radius 2 is 2.10 bits per heavy atom.